The Kier molecular flexibility index (Phi) is 5.96. The van der Waals surface area contributed by atoms with Gasteiger partial charge in [-0.2, -0.15) is 10.5 Å². The molecule has 0 spiro atoms. The number of halogens is 1. The fourth-order valence-electron chi connectivity index (χ4n) is 4.27. The Hall–Kier alpha value is -1.94. The summed E-state index contributed by atoms with van der Waals surface area (Å²) in [5, 5.41) is 18.0. The van der Waals surface area contributed by atoms with E-state index in [1.54, 1.807) is 0 Å². The van der Waals surface area contributed by atoms with Gasteiger partial charge in [-0.15, -0.1) is 0 Å². The Morgan fingerprint density at radius 1 is 0.786 bits per heavy atom. The van der Waals surface area contributed by atoms with E-state index >= 15 is 0 Å². The van der Waals surface area contributed by atoms with Gasteiger partial charge in [0.15, 0.2) is 0 Å². The molecule has 142 valence electrons. The van der Waals surface area contributed by atoms with Crippen molar-refractivity contribution in [2.75, 3.05) is 0 Å². The molecule has 0 aromatic heterocycles. The summed E-state index contributed by atoms with van der Waals surface area (Å²) in [7, 11) is -0.903. The first kappa shape index (κ1) is 19.4. The molecule has 6 heteroatoms. The summed E-state index contributed by atoms with van der Waals surface area (Å²) in [6, 6.07) is 21.0. The van der Waals surface area contributed by atoms with Crippen molar-refractivity contribution in [2.24, 2.45) is 0 Å². The van der Waals surface area contributed by atoms with Crippen molar-refractivity contribution < 1.29 is 0 Å². The highest BCUT2D eigenvalue weighted by molar-refractivity contribution is 7.80. The summed E-state index contributed by atoms with van der Waals surface area (Å²) >= 11 is 7.05. The third kappa shape index (κ3) is 3.93. The SMILES string of the molecule is N#Cc1ccc(CN2[C@@H]3CCCC[C@H]3N(Cc3ccc(C#N)cc3)P2Cl)cc1. The van der Waals surface area contributed by atoms with Gasteiger partial charge in [-0.1, -0.05) is 48.3 Å². The topological polar surface area (TPSA) is 54.1 Å². The molecule has 2 atom stereocenters. The van der Waals surface area contributed by atoms with Crippen molar-refractivity contribution in [1.29, 1.82) is 10.5 Å². The smallest absolute Gasteiger partial charge is 0.141 e. The Balaban J connectivity index is 1.53. The Morgan fingerprint density at radius 3 is 1.54 bits per heavy atom. The first-order chi connectivity index (χ1) is 13.7. The zero-order valence-corrected chi connectivity index (χ0v) is 17.3. The molecule has 0 radical (unpaired) electrons. The van der Waals surface area contributed by atoms with Crippen LogP contribution < -0.4 is 0 Å². The van der Waals surface area contributed by atoms with Crippen LogP contribution in [-0.2, 0) is 13.1 Å². The van der Waals surface area contributed by atoms with Crippen LogP contribution in [0.1, 0.15) is 47.9 Å². The minimum Gasteiger partial charge on any atom is -0.248 e. The normalized spacial score (nSPS) is 23.1. The van der Waals surface area contributed by atoms with Crippen LogP contribution in [0.2, 0.25) is 0 Å². The molecule has 1 aliphatic carbocycles. The van der Waals surface area contributed by atoms with Crippen molar-refractivity contribution in [3.63, 3.8) is 0 Å². The lowest BCUT2D eigenvalue weighted by molar-refractivity contribution is 0.197. The van der Waals surface area contributed by atoms with Gasteiger partial charge in [0, 0.05) is 25.2 Å². The largest absolute Gasteiger partial charge is 0.248 e. The quantitative estimate of drug-likeness (QED) is 0.624. The van der Waals surface area contributed by atoms with Crippen LogP contribution in [0, 0.1) is 22.7 Å². The number of fused-ring (bicyclic) bond motifs is 1. The highest BCUT2D eigenvalue weighted by Crippen LogP contribution is 2.61. The van der Waals surface area contributed by atoms with Crippen LogP contribution in [0.25, 0.3) is 0 Å². The molecule has 28 heavy (non-hydrogen) atoms. The van der Waals surface area contributed by atoms with Crippen LogP contribution in [0.4, 0.5) is 0 Å². The zero-order valence-electron chi connectivity index (χ0n) is 15.6. The summed E-state index contributed by atoms with van der Waals surface area (Å²) in [4.78, 5) is 0. The number of benzene rings is 2. The first-order valence-electron chi connectivity index (χ1n) is 9.66. The molecule has 0 unspecified atom stereocenters. The molecule has 2 aromatic rings. The summed E-state index contributed by atoms with van der Waals surface area (Å²) in [6.45, 7) is 1.65. The van der Waals surface area contributed by atoms with E-state index in [9.17, 15) is 0 Å². The Morgan fingerprint density at radius 2 is 1.18 bits per heavy atom. The van der Waals surface area contributed by atoms with E-state index in [1.807, 2.05) is 48.5 Å². The van der Waals surface area contributed by atoms with Gasteiger partial charge in [-0.25, -0.2) is 9.34 Å². The van der Waals surface area contributed by atoms with Gasteiger partial charge < -0.3 is 0 Å². The minimum absolute atomic E-state index is 0.492. The molecular weight excluding hydrogens is 387 g/mol. The van der Waals surface area contributed by atoms with Gasteiger partial charge >= 0.3 is 0 Å². The third-order valence-corrected chi connectivity index (χ3v) is 8.63. The second-order valence-corrected chi connectivity index (χ2v) is 9.89. The fourth-order valence-corrected chi connectivity index (χ4v) is 7.15. The van der Waals surface area contributed by atoms with Crippen molar-refractivity contribution in [1.82, 2.24) is 9.34 Å². The van der Waals surface area contributed by atoms with E-state index in [4.69, 9.17) is 21.8 Å². The third-order valence-electron chi connectivity index (χ3n) is 5.74. The number of nitrogens with zero attached hydrogens (tertiary/aromatic N) is 4. The second-order valence-electron chi connectivity index (χ2n) is 7.47. The Bertz CT molecular complexity index is 825. The standard InChI is InChI=1S/C22H22ClN4P/c23-28-26(15-19-9-5-17(13-24)6-10-19)21-3-1-2-4-22(21)27(28)16-20-11-7-18(14-25)8-12-20/h5-12,21-22H,1-4,15-16H2/t21-,22-/m1/s1. The van der Waals surface area contributed by atoms with Crippen molar-refractivity contribution >= 4 is 18.8 Å². The number of hydrogen-bond donors (Lipinski definition) is 0. The van der Waals surface area contributed by atoms with Gasteiger partial charge in [0.1, 0.15) is 7.58 Å². The molecule has 1 aliphatic heterocycles. The van der Waals surface area contributed by atoms with Crippen LogP contribution in [-0.4, -0.2) is 21.4 Å². The van der Waals surface area contributed by atoms with Crippen LogP contribution in [0.15, 0.2) is 48.5 Å². The molecule has 0 amide bonds. The molecular formula is C22H22ClN4P. The van der Waals surface area contributed by atoms with Crippen LogP contribution >= 0.6 is 18.8 Å². The maximum Gasteiger partial charge on any atom is 0.141 e. The van der Waals surface area contributed by atoms with E-state index in [0.29, 0.717) is 23.2 Å². The average Bonchev–Trinajstić information content (AvgIpc) is 3.01. The molecule has 1 saturated heterocycles. The maximum atomic E-state index is 9.01. The molecule has 0 N–H and O–H groups in total. The summed E-state index contributed by atoms with van der Waals surface area (Å²) in [5.41, 5.74) is 3.79. The second kappa shape index (κ2) is 8.60. The maximum absolute atomic E-state index is 9.01. The summed E-state index contributed by atoms with van der Waals surface area (Å²) in [5.74, 6) is 0. The van der Waals surface area contributed by atoms with Gasteiger partial charge in [0.25, 0.3) is 0 Å². The predicted molar refractivity (Wildman–Crippen MR) is 112 cm³/mol. The Labute approximate surface area is 172 Å². The summed E-state index contributed by atoms with van der Waals surface area (Å²) < 4.78 is 4.96. The number of hydrogen-bond acceptors (Lipinski definition) is 4. The lowest BCUT2D eigenvalue weighted by Crippen LogP contribution is -2.39. The molecule has 2 fully saturated rings. The zero-order chi connectivity index (χ0) is 19.5. The fraction of sp³-hybridized carbons (Fsp3) is 0.364. The minimum atomic E-state index is -0.903. The monoisotopic (exact) mass is 408 g/mol. The lowest BCUT2D eigenvalue weighted by Gasteiger charge is -2.31. The van der Waals surface area contributed by atoms with Gasteiger partial charge in [0.2, 0.25) is 0 Å². The lowest BCUT2D eigenvalue weighted by atomic mass is 9.90. The van der Waals surface area contributed by atoms with Gasteiger partial charge in [0.05, 0.1) is 23.3 Å². The molecule has 4 rings (SSSR count). The molecule has 2 aromatic carbocycles. The van der Waals surface area contributed by atoms with Crippen LogP contribution in [0.5, 0.6) is 0 Å². The molecule has 1 saturated carbocycles. The highest BCUT2D eigenvalue weighted by Gasteiger charge is 2.47. The van der Waals surface area contributed by atoms with Crippen LogP contribution in [0.3, 0.4) is 0 Å². The van der Waals surface area contributed by atoms with Crippen molar-refractivity contribution in [3.05, 3.63) is 70.8 Å². The molecule has 1 heterocycles. The van der Waals surface area contributed by atoms with E-state index in [1.165, 1.54) is 36.8 Å². The van der Waals surface area contributed by atoms with E-state index in [0.717, 1.165) is 13.1 Å². The molecule has 2 aliphatic rings. The van der Waals surface area contributed by atoms with Gasteiger partial charge in [-0.05, 0) is 48.2 Å². The van der Waals surface area contributed by atoms with Gasteiger partial charge in [-0.3, -0.25) is 0 Å². The predicted octanol–water partition coefficient (Wildman–Crippen LogP) is 5.52. The number of rotatable bonds is 4. The molecule has 4 nitrogen and oxygen atoms in total. The van der Waals surface area contributed by atoms with Crippen molar-refractivity contribution in [2.45, 2.75) is 50.9 Å². The molecule has 0 bridgehead atoms. The summed E-state index contributed by atoms with van der Waals surface area (Å²) in [6.07, 6.45) is 4.90. The number of nitriles is 2. The van der Waals surface area contributed by atoms with E-state index < -0.39 is 7.58 Å². The highest BCUT2D eigenvalue weighted by atomic mass is 35.7. The van der Waals surface area contributed by atoms with E-state index in [2.05, 4.69) is 21.5 Å². The van der Waals surface area contributed by atoms with Crippen molar-refractivity contribution in [3.8, 4) is 12.1 Å². The average molecular weight is 409 g/mol. The first-order valence-corrected chi connectivity index (χ1v) is 11.8. The van der Waals surface area contributed by atoms with E-state index in [-0.39, 0.29) is 0 Å².